The summed E-state index contributed by atoms with van der Waals surface area (Å²) in [5.41, 5.74) is 2.25. The van der Waals surface area contributed by atoms with Gasteiger partial charge in [-0.25, -0.2) is 0 Å². The lowest BCUT2D eigenvalue weighted by atomic mass is 10.0. The van der Waals surface area contributed by atoms with Gasteiger partial charge in [-0.3, -0.25) is 9.59 Å². The summed E-state index contributed by atoms with van der Waals surface area (Å²) in [5.74, 6) is -0.0310. The Kier molecular flexibility index (Phi) is 3.60. The number of amides is 2. The number of anilines is 1. The summed E-state index contributed by atoms with van der Waals surface area (Å²) in [4.78, 5) is 23.6. The second-order valence-electron chi connectivity index (χ2n) is 5.98. The van der Waals surface area contributed by atoms with Crippen LogP contribution in [0, 0.1) is 0 Å². The molecule has 4 heteroatoms. The average molecular weight is 260 g/mol. The van der Waals surface area contributed by atoms with Crippen molar-refractivity contribution < 1.29 is 9.59 Å². The molecule has 19 heavy (non-hydrogen) atoms. The molecule has 2 rings (SSSR count). The Morgan fingerprint density at radius 3 is 2.68 bits per heavy atom. The Hall–Kier alpha value is -1.84. The molecule has 0 bridgehead atoms. The van der Waals surface area contributed by atoms with Crippen LogP contribution in [0.15, 0.2) is 18.2 Å². The topological polar surface area (TPSA) is 58.2 Å². The van der Waals surface area contributed by atoms with Crippen molar-refractivity contribution in [2.45, 2.75) is 45.6 Å². The maximum absolute atomic E-state index is 12.1. The van der Waals surface area contributed by atoms with Crippen molar-refractivity contribution in [3.05, 3.63) is 29.3 Å². The highest BCUT2D eigenvalue weighted by atomic mass is 16.2. The second-order valence-corrected chi connectivity index (χ2v) is 5.98. The van der Waals surface area contributed by atoms with Crippen LogP contribution in [-0.4, -0.2) is 17.4 Å². The van der Waals surface area contributed by atoms with Crippen molar-refractivity contribution >= 4 is 17.5 Å². The van der Waals surface area contributed by atoms with Gasteiger partial charge in [-0.2, -0.15) is 0 Å². The van der Waals surface area contributed by atoms with Gasteiger partial charge in [-0.15, -0.1) is 0 Å². The summed E-state index contributed by atoms with van der Waals surface area (Å²) in [6.45, 7) is 5.86. The number of aryl methyl sites for hydroxylation is 1. The van der Waals surface area contributed by atoms with Gasteiger partial charge in [0.25, 0.3) is 5.91 Å². The Bertz CT molecular complexity index is 515. The van der Waals surface area contributed by atoms with Crippen LogP contribution in [0.1, 0.15) is 49.5 Å². The van der Waals surface area contributed by atoms with E-state index in [1.54, 1.807) is 6.07 Å². The molecule has 1 aliphatic rings. The van der Waals surface area contributed by atoms with Crippen LogP contribution >= 0.6 is 0 Å². The second kappa shape index (κ2) is 5.03. The summed E-state index contributed by atoms with van der Waals surface area (Å²) in [6, 6.07) is 5.45. The Labute approximate surface area is 113 Å². The number of fused-ring (bicyclic) bond motifs is 1. The number of benzene rings is 1. The Morgan fingerprint density at radius 2 is 2.00 bits per heavy atom. The van der Waals surface area contributed by atoms with Crippen LogP contribution in [0.2, 0.25) is 0 Å². The van der Waals surface area contributed by atoms with Crippen molar-refractivity contribution in [1.82, 2.24) is 5.32 Å². The monoisotopic (exact) mass is 260 g/mol. The molecule has 0 aromatic heterocycles. The van der Waals surface area contributed by atoms with Gasteiger partial charge in [0.2, 0.25) is 5.91 Å². The van der Waals surface area contributed by atoms with Gasteiger partial charge in [0.1, 0.15) is 0 Å². The number of carbonyl (C=O) groups excluding carboxylic acids is 2. The first-order valence-corrected chi connectivity index (χ1v) is 6.60. The van der Waals surface area contributed by atoms with E-state index >= 15 is 0 Å². The predicted molar refractivity (Wildman–Crippen MR) is 75.2 cm³/mol. The van der Waals surface area contributed by atoms with Crippen molar-refractivity contribution in [3.63, 3.8) is 0 Å². The molecule has 4 nitrogen and oxygen atoms in total. The quantitative estimate of drug-likeness (QED) is 0.815. The minimum atomic E-state index is -0.252. The van der Waals surface area contributed by atoms with Gasteiger partial charge in [-0.1, -0.05) is 0 Å². The highest BCUT2D eigenvalue weighted by molar-refractivity contribution is 5.97. The van der Waals surface area contributed by atoms with Crippen molar-refractivity contribution in [3.8, 4) is 0 Å². The lowest BCUT2D eigenvalue weighted by molar-refractivity contribution is -0.116. The molecule has 2 N–H and O–H groups in total. The van der Waals surface area contributed by atoms with E-state index in [1.807, 2.05) is 32.9 Å². The minimum absolute atomic E-state index is 0.0469. The first-order valence-electron chi connectivity index (χ1n) is 6.60. The van der Waals surface area contributed by atoms with E-state index in [4.69, 9.17) is 0 Å². The van der Waals surface area contributed by atoms with Crippen molar-refractivity contribution in [2.75, 3.05) is 5.32 Å². The number of hydrogen-bond donors (Lipinski definition) is 2. The van der Waals surface area contributed by atoms with Crippen molar-refractivity contribution in [2.24, 2.45) is 0 Å². The smallest absolute Gasteiger partial charge is 0.251 e. The van der Waals surface area contributed by atoms with Gasteiger partial charge >= 0.3 is 0 Å². The highest BCUT2D eigenvalue weighted by Crippen LogP contribution is 2.23. The molecule has 0 radical (unpaired) electrons. The molecule has 102 valence electrons. The first-order chi connectivity index (χ1) is 8.85. The fourth-order valence-electron chi connectivity index (χ4n) is 2.13. The summed E-state index contributed by atoms with van der Waals surface area (Å²) in [5, 5.41) is 5.81. The molecule has 1 heterocycles. The van der Waals surface area contributed by atoms with E-state index in [9.17, 15) is 9.59 Å². The molecule has 1 aliphatic heterocycles. The van der Waals surface area contributed by atoms with Gasteiger partial charge in [0, 0.05) is 23.2 Å². The molecule has 0 spiro atoms. The minimum Gasteiger partial charge on any atom is -0.347 e. The summed E-state index contributed by atoms with van der Waals surface area (Å²) in [6.07, 6.45) is 2.19. The average Bonchev–Trinajstić information content (AvgIpc) is 2.46. The molecule has 0 atom stereocenters. The standard InChI is InChI=1S/C15H20N2O2/c1-15(2,3)17-14(19)11-7-8-12-10(9-11)5-4-6-13(18)16-12/h7-9H,4-6H2,1-3H3,(H,16,18)(H,17,19). The van der Waals surface area contributed by atoms with E-state index < -0.39 is 0 Å². The van der Waals surface area contributed by atoms with Crippen LogP contribution in [-0.2, 0) is 11.2 Å². The predicted octanol–water partition coefficient (Wildman–Crippen LogP) is 2.49. The molecular weight excluding hydrogens is 240 g/mol. The van der Waals surface area contributed by atoms with E-state index in [2.05, 4.69) is 10.6 Å². The molecule has 2 amide bonds. The zero-order chi connectivity index (χ0) is 14.0. The summed E-state index contributed by atoms with van der Waals surface area (Å²) < 4.78 is 0. The molecule has 1 aromatic rings. The number of carbonyl (C=O) groups is 2. The summed E-state index contributed by atoms with van der Waals surface area (Å²) in [7, 11) is 0. The van der Waals surface area contributed by atoms with E-state index in [0.29, 0.717) is 12.0 Å². The van der Waals surface area contributed by atoms with Crippen LogP contribution in [0.25, 0.3) is 0 Å². The molecular formula is C15H20N2O2. The SMILES string of the molecule is CC(C)(C)NC(=O)c1ccc2c(c1)CCCC(=O)N2. The van der Waals surface area contributed by atoms with Crippen LogP contribution < -0.4 is 10.6 Å². The highest BCUT2D eigenvalue weighted by Gasteiger charge is 2.18. The van der Waals surface area contributed by atoms with Gasteiger partial charge in [0.15, 0.2) is 0 Å². The third-order valence-electron chi connectivity index (χ3n) is 2.98. The van der Waals surface area contributed by atoms with Gasteiger partial charge in [-0.05, 0) is 57.4 Å². The normalized spacial score (nSPS) is 15.2. The third kappa shape index (κ3) is 3.56. The fraction of sp³-hybridized carbons (Fsp3) is 0.467. The van der Waals surface area contributed by atoms with Gasteiger partial charge < -0.3 is 10.6 Å². The Morgan fingerprint density at radius 1 is 1.26 bits per heavy atom. The van der Waals surface area contributed by atoms with E-state index in [-0.39, 0.29) is 17.4 Å². The van der Waals surface area contributed by atoms with Crippen LogP contribution in [0.4, 0.5) is 5.69 Å². The molecule has 0 unspecified atom stereocenters. The fourth-order valence-corrected chi connectivity index (χ4v) is 2.13. The molecule has 0 fully saturated rings. The number of nitrogens with one attached hydrogen (secondary N) is 2. The van der Waals surface area contributed by atoms with E-state index in [1.165, 1.54) is 0 Å². The third-order valence-corrected chi connectivity index (χ3v) is 2.98. The zero-order valence-corrected chi connectivity index (χ0v) is 11.7. The number of rotatable bonds is 1. The van der Waals surface area contributed by atoms with Crippen molar-refractivity contribution in [1.29, 1.82) is 0 Å². The lowest BCUT2D eigenvalue weighted by Gasteiger charge is -2.21. The molecule has 1 aromatic carbocycles. The van der Waals surface area contributed by atoms with Gasteiger partial charge in [0.05, 0.1) is 0 Å². The number of hydrogen-bond acceptors (Lipinski definition) is 2. The van der Waals surface area contributed by atoms with Crippen LogP contribution in [0.5, 0.6) is 0 Å². The van der Waals surface area contributed by atoms with E-state index in [0.717, 1.165) is 24.1 Å². The molecule has 0 aliphatic carbocycles. The zero-order valence-electron chi connectivity index (χ0n) is 11.7. The maximum atomic E-state index is 12.1. The first kappa shape index (κ1) is 13.6. The van der Waals surface area contributed by atoms with Crippen LogP contribution in [0.3, 0.4) is 0 Å². The summed E-state index contributed by atoms with van der Waals surface area (Å²) >= 11 is 0. The largest absolute Gasteiger partial charge is 0.347 e. The molecule has 0 saturated heterocycles. The maximum Gasteiger partial charge on any atom is 0.251 e. The Balaban J connectivity index is 2.23. The molecule has 0 saturated carbocycles. The lowest BCUT2D eigenvalue weighted by Crippen LogP contribution is -2.40.